The fraction of sp³-hybridized carbons (Fsp3) is 0.474. The minimum atomic E-state index is 0.0388. The maximum absolute atomic E-state index is 5.43. The Balaban J connectivity index is 1.70. The molecule has 0 bridgehead atoms. The van der Waals surface area contributed by atoms with Crippen molar-refractivity contribution in [2.24, 2.45) is 0 Å². The van der Waals surface area contributed by atoms with Crippen LogP contribution in [0.3, 0.4) is 0 Å². The molecule has 0 saturated heterocycles. The van der Waals surface area contributed by atoms with E-state index >= 15 is 0 Å². The van der Waals surface area contributed by atoms with Gasteiger partial charge in [0.15, 0.2) is 11.0 Å². The average Bonchev–Trinajstić information content (AvgIpc) is 3.28. The second-order valence-corrected chi connectivity index (χ2v) is 7.53. The van der Waals surface area contributed by atoms with E-state index in [0.717, 1.165) is 49.0 Å². The van der Waals surface area contributed by atoms with Gasteiger partial charge in [0, 0.05) is 19.4 Å². The maximum atomic E-state index is 5.43. The van der Waals surface area contributed by atoms with Gasteiger partial charge in [-0.25, -0.2) is 0 Å². The summed E-state index contributed by atoms with van der Waals surface area (Å²) < 4.78 is 7.59. The van der Waals surface area contributed by atoms with Gasteiger partial charge in [0.05, 0.1) is 5.25 Å². The molecular weight excluding hydrogens is 346 g/mol. The molecule has 0 spiro atoms. The maximum Gasteiger partial charge on any atom is 0.239 e. The molecule has 3 aromatic rings. The summed E-state index contributed by atoms with van der Waals surface area (Å²) in [5, 5.41) is 13.8. The van der Waals surface area contributed by atoms with E-state index in [9.17, 15) is 0 Å². The molecule has 2 aromatic heterocycles. The van der Waals surface area contributed by atoms with Crippen LogP contribution in [0.2, 0.25) is 0 Å². The molecule has 3 rings (SSSR count). The summed E-state index contributed by atoms with van der Waals surface area (Å²) in [6, 6.07) is 10.3. The van der Waals surface area contributed by atoms with Crippen molar-refractivity contribution < 1.29 is 4.52 Å². The second-order valence-electron chi connectivity index (χ2n) is 6.22. The highest BCUT2D eigenvalue weighted by Crippen LogP contribution is 2.33. The van der Waals surface area contributed by atoms with Gasteiger partial charge in [-0.05, 0) is 25.8 Å². The topological polar surface area (TPSA) is 69.6 Å². The lowest BCUT2D eigenvalue weighted by molar-refractivity contribution is 0.374. The quantitative estimate of drug-likeness (QED) is 0.517. The molecule has 2 heterocycles. The SMILES string of the molecule is CCCCc1noc(C(C)Sc2nnc(Cc3ccccc3)n2CC)n1. The van der Waals surface area contributed by atoms with Crippen molar-refractivity contribution >= 4 is 11.8 Å². The fourth-order valence-corrected chi connectivity index (χ4v) is 3.67. The van der Waals surface area contributed by atoms with Crippen LogP contribution < -0.4 is 0 Å². The molecule has 6 nitrogen and oxygen atoms in total. The van der Waals surface area contributed by atoms with Crippen molar-refractivity contribution in [3.63, 3.8) is 0 Å². The Morgan fingerprint density at radius 1 is 1.15 bits per heavy atom. The van der Waals surface area contributed by atoms with Crippen molar-refractivity contribution in [2.75, 3.05) is 0 Å². The molecule has 0 aliphatic carbocycles. The minimum absolute atomic E-state index is 0.0388. The highest BCUT2D eigenvalue weighted by molar-refractivity contribution is 7.99. The zero-order valence-electron chi connectivity index (χ0n) is 15.6. The summed E-state index contributed by atoms with van der Waals surface area (Å²) in [5.74, 6) is 2.41. The zero-order chi connectivity index (χ0) is 18.4. The summed E-state index contributed by atoms with van der Waals surface area (Å²) in [6.45, 7) is 7.16. The largest absolute Gasteiger partial charge is 0.338 e. The molecule has 0 saturated carbocycles. The van der Waals surface area contributed by atoms with Gasteiger partial charge in [-0.2, -0.15) is 4.98 Å². The van der Waals surface area contributed by atoms with Crippen molar-refractivity contribution in [3.8, 4) is 0 Å². The minimum Gasteiger partial charge on any atom is -0.338 e. The Morgan fingerprint density at radius 2 is 1.96 bits per heavy atom. The Labute approximate surface area is 158 Å². The van der Waals surface area contributed by atoms with Crippen LogP contribution in [0.15, 0.2) is 40.0 Å². The van der Waals surface area contributed by atoms with Crippen LogP contribution in [0.25, 0.3) is 0 Å². The zero-order valence-corrected chi connectivity index (χ0v) is 16.4. The molecule has 1 unspecified atom stereocenters. The van der Waals surface area contributed by atoms with E-state index in [-0.39, 0.29) is 5.25 Å². The third-order valence-electron chi connectivity index (χ3n) is 4.18. The van der Waals surface area contributed by atoms with Crippen molar-refractivity contribution in [1.29, 1.82) is 0 Å². The summed E-state index contributed by atoms with van der Waals surface area (Å²) >= 11 is 1.61. The van der Waals surface area contributed by atoms with E-state index in [2.05, 4.69) is 57.8 Å². The van der Waals surface area contributed by atoms with Crippen molar-refractivity contribution in [2.45, 2.75) is 63.4 Å². The monoisotopic (exact) mass is 371 g/mol. The van der Waals surface area contributed by atoms with Crippen molar-refractivity contribution in [1.82, 2.24) is 24.9 Å². The average molecular weight is 372 g/mol. The van der Waals surface area contributed by atoms with Gasteiger partial charge >= 0.3 is 0 Å². The molecule has 0 fully saturated rings. The summed E-state index contributed by atoms with van der Waals surface area (Å²) in [6.07, 6.45) is 3.84. The fourth-order valence-electron chi connectivity index (χ4n) is 2.71. The lowest BCUT2D eigenvalue weighted by Crippen LogP contribution is -2.04. The molecule has 138 valence electrons. The molecule has 0 amide bonds. The number of aryl methyl sites for hydroxylation is 1. The van der Waals surface area contributed by atoms with Gasteiger partial charge in [0.25, 0.3) is 0 Å². The standard InChI is InChI=1S/C19H25N5OS/c1-4-6-12-16-20-18(25-23-16)14(3)26-19-22-21-17(24(19)5-2)13-15-10-8-7-9-11-15/h7-11,14H,4-6,12-13H2,1-3H3. The molecular formula is C19H25N5OS. The molecule has 0 aliphatic rings. The highest BCUT2D eigenvalue weighted by atomic mass is 32.2. The Morgan fingerprint density at radius 3 is 2.69 bits per heavy atom. The third kappa shape index (κ3) is 4.52. The van der Waals surface area contributed by atoms with Gasteiger partial charge in [-0.15, -0.1) is 10.2 Å². The van der Waals surface area contributed by atoms with Crippen LogP contribution >= 0.6 is 11.8 Å². The number of rotatable bonds is 9. The van der Waals surface area contributed by atoms with E-state index in [1.807, 2.05) is 18.2 Å². The number of hydrogen-bond acceptors (Lipinski definition) is 6. The van der Waals surface area contributed by atoms with Gasteiger partial charge < -0.3 is 9.09 Å². The first-order valence-electron chi connectivity index (χ1n) is 9.16. The second kappa shape index (κ2) is 8.98. The van der Waals surface area contributed by atoms with Crippen molar-refractivity contribution in [3.05, 3.63) is 53.4 Å². The van der Waals surface area contributed by atoms with Crippen LogP contribution in [0.5, 0.6) is 0 Å². The number of thioether (sulfide) groups is 1. The van der Waals surface area contributed by atoms with Crippen LogP contribution in [-0.4, -0.2) is 24.9 Å². The lowest BCUT2D eigenvalue weighted by atomic mass is 10.1. The number of nitrogens with zero attached hydrogens (tertiary/aromatic N) is 5. The van der Waals surface area contributed by atoms with Crippen LogP contribution in [-0.2, 0) is 19.4 Å². The summed E-state index contributed by atoms with van der Waals surface area (Å²) in [4.78, 5) is 4.52. The Kier molecular flexibility index (Phi) is 6.44. The smallest absolute Gasteiger partial charge is 0.239 e. The van der Waals surface area contributed by atoms with Gasteiger partial charge in [0.1, 0.15) is 5.82 Å². The molecule has 0 aliphatic heterocycles. The Bertz CT molecular complexity index is 814. The first-order chi connectivity index (χ1) is 12.7. The number of aromatic nitrogens is 5. The van der Waals surface area contributed by atoms with E-state index in [0.29, 0.717) is 5.89 Å². The van der Waals surface area contributed by atoms with E-state index in [1.54, 1.807) is 11.8 Å². The highest BCUT2D eigenvalue weighted by Gasteiger charge is 2.20. The molecule has 7 heteroatoms. The molecule has 1 atom stereocenters. The molecule has 26 heavy (non-hydrogen) atoms. The van der Waals surface area contributed by atoms with E-state index in [4.69, 9.17) is 4.52 Å². The number of hydrogen-bond donors (Lipinski definition) is 0. The summed E-state index contributed by atoms with van der Waals surface area (Å²) in [5.41, 5.74) is 1.23. The van der Waals surface area contributed by atoms with E-state index < -0.39 is 0 Å². The number of unbranched alkanes of at least 4 members (excludes halogenated alkanes) is 1. The van der Waals surface area contributed by atoms with Gasteiger partial charge in [-0.3, -0.25) is 0 Å². The van der Waals surface area contributed by atoms with Gasteiger partial charge in [-0.1, -0.05) is 60.6 Å². The Hall–Kier alpha value is -2.15. The first-order valence-corrected chi connectivity index (χ1v) is 10.0. The third-order valence-corrected chi connectivity index (χ3v) is 5.25. The number of benzene rings is 1. The normalized spacial score (nSPS) is 12.4. The van der Waals surface area contributed by atoms with Gasteiger partial charge in [0.2, 0.25) is 5.89 Å². The lowest BCUT2D eigenvalue weighted by Gasteiger charge is -2.09. The molecule has 0 radical (unpaired) electrons. The molecule has 1 aromatic carbocycles. The molecule has 0 N–H and O–H groups in total. The first kappa shape index (κ1) is 18.6. The van der Waals surface area contributed by atoms with Crippen LogP contribution in [0.1, 0.15) is 62.0 Å². The predicted molar refractivity (Wildman–Crippen MR) is 102 cm³/mol. The van der Waals surface area contributed by atoms with Crippen LogP contribution in [0.4, 0.5) is 0 Å². The summed E-state index contributed by atoms with van der Waals surface area (Å²) in [7, 11) is 0. The van der Waals surface area contributed by atoms with Crippen LogP contribution in [0, 0.1) is 0 Å². The predicted octanol–water partition coefficient (Wildman–Crippen LogP) is 4.47. The van der Waals surface area contributed by atoms with E-state index in [1.165, 1.54) is 5.56 Å².